The van der Waals surface area contributed by atoms with E-state index >= 15 is 0 Å². The van der Waals surface area contributed by atoms with Crippen molar-refractivity contribution in [3.05, 3.63) is 29.8 Å². The lowest BCUT2D eigenvalue weighted by atomic mass is 10.1. The van der Waals surface area contributed by atoms with Gasteiger partial charge in [0.1, 0.15) is 0 Å². The molecule has 0 bridgehead atoms. The van der Waals surface area contributed by atoms with Crippen LogP contribution in [0.2, 0.25) is 0 Å². The number of rotatable bonds is 4. The minimum absolute atomic E-state index is 0.369. The van der Waals surface area contributed by atoms with E-state index < -0.39 is 0 Å². The van der Waals surface area contributed by atoms with Crippen LogP contribution in [0.4, 0.5) is 5.69 Å². The van der Waals surface area contributed by atoms with E-state index in [0.717, 1.165) is 12.1 Å². The van der Waals surface area contributed by atoms with Gasteiger partial charge in [0, 0.05) is 17.8 Å². The first-order valence-corrected chi connectivity index (χ1v) is 5.25. The van der Waals surface area contributed by atoms with Gasteiger partial charge in [0.25, 0.3) is 0 Å². The number of nitrogen functional groups attached to an aromatic ring is 1. The number of hydrogen-bond donors (Lipinski definition) is 2. The lowest BCUT2D eigenvalue weighted by Gasteiger charge is -2.19. The third-order valence-electron chi connectivity index (χ3n) is 2.56. The van der Waals surface area contributed by atoms with Crippen LogP contribution in [0.25, 0.3) is 0 Å². The van der Waals surface area contributed by atoms with Crippen LogP contribution in [0.15, 0.2) is 24.3 Å². The standard InChI is InChI=1S/C12H20N2/c1-4-9(2)14-10(3)11-6-5-7-12(13)8-11/h5-10,14H,4,13H2,1-3H3. The molecule has 1 rings (SSSR count). The SMILES string of the molecule is CCC(C)NC(C)c1cccc(N)c1. The van der Waals surface area contributed by atoms with Gasteiger partial charge in [0.2, 0.25) is 0 Å². The quantitative estimate of drug-likeness (QED) is 0.720. The zero-order valence-corrected chi connectivity index (χ0v) is 9.25. The van der Waals surface area contributed by atoms with Gasteiger partial charge in [0.05, 0.1) is 0 Å². The molecule has 0 aromatic heterocycles. The summed E-state index contributed by atoms with van der Waals surface area (Å²) in [6.07, 6.45) is 1.15. The van der Waals surface area contributed by atoms with Gasteiger partial charge in [-0.05, 0) is 38.0 Å². The molecule has 0 radical (unpaired) electrons. The van der Waals surface area contributed by atoms with Gasteiger partial charge in [-0.1, -0.05) is 19.1 Å². The number of nitrogens with one attached hydrogen (secondary N) is 1. The molecule has 1 aromatic rings. The van der Waals surface area contributed by atoms with E-state index in [1.807, 2.05) is 18.2 Å². The Morgan fingerprint density at radius 3 is 2.64 bits per heavy atom. The van der Waals surface area contributed by atoms with Crippen molar-refractivity contribution in [3.63, 3.8) is 0 Å². The lowest BCUT2D eigenvalue weighted by molar-refractivity contribution is 0.469. The van der Waals surface area contributed by atoms with Gasteiger partial charge in [-0.15, -0.1) is 0 Å². The second kappa shape index (κ2) is 5.01. The molecule has 0 aliphatic rings. The molecule has 2 nitrogen and oxygen atoms in total. The number of nitrogens with two attached hydrogens (primary N) is 1. The van der Waals surface area contributed by atoms with Crippen LogP contribution in [0.1, 0.15) is 38.8 Å². The monoisotopic (exact) mass is 192 g/mol. The predicted octanol–water partition coefficient (Wildman–Crippen LogP) is 2.72. The van der Waals surface area contributed by atoms with Crippen molar-refractivity contribution in [1.29, 1.82) is 0 Å². The molecule has 1 aromatic carbocycles. The highest BCUT2D eigenvalue weighted by atomic mass is 14.9. The fraction of sp³-hybridized carbons (Fsp3) is 0.500. The van der Waals surface area contributed by atoms with Crippen molar-refractivity contribution >= 4 is 5.69 Å². The van der Waals surface area contributed by atoms with Crippen LogP contribution < -0.4 is 11.1 Å². The van der Waals surface area contributed by atoms with E-state index in [4.69, 9.17) is 5.73 Å². The van der Waals surface area contributed by atoms with Crippen LogP contribution in [0.5, 0.6) is 0 Å². The Morgan fingerprint density at radius 2 is 2.07 bits per heavy atom. The van der Waals surface area contributed by atoms with Gasteiger partial charge in [-0.25, -0.2) is 0 Å². The average Bonchev–Trinajstić information content (AvgIpc) is 2.17. The van der Waals surface area contributed by atoms with Crippen molar-refractivity contribution in [3.8, 4) is 0 Å². The van der Waals surface area contributed by atoms with Crippen molar-refractivity contribution in [2.24, 2.45) is 0 Å². The minimum atomic E-state index is 0.369. The largest absolute Gasteiger partial charge is 0.399 e. The third kappa shape index (κ3) is 3.04. The average molecular weight is 192 g/mol. The molecule has 0 saturated carbocycles. The first-order chi connectivity index (χ1) is 6.63. The number of benzene rings is 1. The van der Waals surface area contributed by atoms with Gasteiger partial charge in [-0.2, -0.15) is 0 Å². The minimum Gasteiger partial charge on any atom is -0.399 e. The molecule has 0 amide bonds. The van der Waals surface area contributed by atoms with E-state index in [2.05, 4.69) is 32.2 Å². The summed E-state index contributed by atoms with van der Waals surface area (Å²) in [7, 11) is 0. The summed E-state index contributed by atoms with van der Waals surface area (Å²) in [4.78, 5) is 0. The summed E-state index contributed by atoms with van der Waals surface area (Å²) >= 11 is 0. The third-order valence-corrected chi connectivity index (χ3v) is 2.56. The molecule has 2 heteroatoms. The van der Waals surface area contributed by atoms with Crippen molar-refractivity contribution < 1.29 is 0 Å². The Bertz CT molecular complexity index is 283. The van der Waals surface area contributed by atoms with Crippen LogP contribution in [-0.4, -0.2) is 6.04 Å². The summed E-state index contributed by atoms with van der Waals surface area (Å²) < 4.78 is 0. The van der Waals surface area contributed by atoms with Crippen LogP contribution in [-0.2, 0) is 0 Å². The Labute approximate surface area is 86.5 Å². The molecular weight excluding hydrogens is 172 g/mol. The summed E-state index contributed by atoms with van der Waals surface area (Å²) in [5, 5.41) is 3.52. The van der Waals surface area contributed by atoms with Crippen molar-refractivity contribution in [1.82, 2.24) is 5.32 Å². The summed E-state index contributed by atoms with van der Waals surface area (Å²) in [6.45, 7) is 6.55. The van der Waals surface area contributed by atoms with Gasteiger partial charge in [0.15, 0.2) is 0 Å². The molecule has 0 saturated heterocycles. The normalized spacial score (nSPS) is 15.1. The van der Waals surface area contributed by atoms with E-state index in [1.165, 1.54) is 5.56 Å². The maximum atomic E-state index is 5.73. The van der Waals surface area contributed by atoms with Crippen molar-refractivity contribution in [2.45, 2.75) is 39.3 Å². The summed E-state index contributed by atoms with van der Waals surface area (Å²) in [5.41, 5.74) is 7.82. The zero-order chi connectivity index (χ0) is 10.6. The first-order valence-electron chi connectivity index (χ1n) is 5.25. The lowest BCUT2D eigenvalue weighted by Crippen LogP contribution is -2.28. The second-order valence-corrected chi connectivity index (χ2v) is 3.87. The van der Waals surface area contributed by atoms with Crippen LogP contribution in [0, 0.1) is 0 Å². The van der Waals surface area contributed by atoms with Crippen molar-refractivity contribution in [2.75, 3.05) is 5.73 Å². The predicted molar refractivity (Wildman–Crippen MR) is 62.2 cm³/mol. The summed E-state index contributed by atoms with van der Waals surface area (Å²) in [5.74, 6) is 0. The highest BCUT2D eigenvalue weighted by Gasteiger charge is 2.07. The van der Waals surface area contributed by atoms with E-state index in [-0.39, 0.29) is 0 Å². The molecule has 0 aliphatic heterocycles. The fourth-order valence-corrected chi connectivity index (χ4v) is 1.47. The Hall–Kier alpha value is -1.02. The maximum absolute atomic E-state index is 5.73. The highest BCUT2D eigenvalue weighted by Crippen LogP contribution is 2.16. The molecule has 0 aliphatic carbocycles. The molecular formula is C12H20N2. The highest BCUT2D eigenvalue weighted by molar-refractivity contribution is 5.41. The Balaban J connectivity index is 2.64. The van der Waals surface area contributed by atoms with Crippen LogP contribution in [0.3, 0.4) is 0 Å². The molecule has 0 spiro atoms. The van der Waals surface area contributed by atoms with Gasteiger partial charge < -0.3 is 11.1 Å². The molecule has 2 unspecified atom stereocenters. The number of hydrogen-bond acceptors (Lipinski definition) is 2. The second-order valence-electron chi connectivity index (χ2n) is 3.87. The molecule has 78 valence electrons. The maximum Gasteiger partial charge on any atom is 0.0317 e. The van der Waals surface area contributed by atoms with E-state index in [1.54, 1.807) is 0 Å². The molecule has 0 fully saturated rings. The zero-order valence-electron chi connectivity index (χ0n) is 9.25. The Morgan fingerprint density at radius 1 is 1.36 bits per heavy atom. The van der Waals surface area contributed by atoms with E-state index in [0.29, 0.717) is 12.1 Å². The smallest absolute Gasteiger partial charge is 0.0317 e. The topological polar surface area (TPSA) is 38.0 Å². The van der Waals surface area contributed by atoms with Gasteiger partial charge in [-0.3, -0.25) is 0 Å². The molecule has 2 atom stereocenters. The van der Waals surface area contributed by atoms with E-state index in [9.17, 15) is 0 Å². The van der Waals surface area contributed by atoms with Gasteiger partial charge >= 0.3 is 0 Å². The molecule has 0 heterocycles. The van der Waals surface area contributed by atoms with Crippen LogP contribution >= 0.6 is 0 Å². The first kappa shape index (κ1) is 11.1. The summed E-state index contributed by atoms with van der Waals surface area (Å²) in [6, 6.07) is 8.97. The molecule has 3 N–H and O–H groups in total. The number of anilines is 1. The Kier molecular flexibility index (Phi) is 3.96. The molecule has 14 heavy (non-hydrogen) atoms. The fourth-order valence-electron chi connectivity index (χ4n) is 1.47.